The van der Waals surface area contributed by atoms with Crippen molar-refractivity contribution in [1.82, 2.24) is 14.3 Å². The Morgan fingerprint density at radius 2 is 2.06 bits per heavy atom. The maximum atomic E-state index is 11.3. The molecule has 34 heavy (non-hydrogen) atoms. The van der Waals surface area contributed by atoms with Crippen LogP contribution in [0.4, 0.5) is 5.69 Å². The number of halogens is 2. The molecule has 0 amide bonds. The third-order valence-electron chi connectivity index (χ3n) is 5.07. The van der Waals surface area contributed by atoms with Gasteiger partial charge in [-0.3, -0.25) is 9.40 Å². The summed E-state index contributed by atoms with van der Waals surface area (Å²) in [4.78, 5) is 0. The lowest BCUT2D eigenvalue weighted by Gasteiger charge is -2.12. The van der Waals surface area contributed by atoms with E-state index in [1.165, 1.54) is 6.20 Å². The number of fused-ring (bicyclic) bond motifs is 1. The van der Waals surface area contributed by atoms with E-state index in [-0.39, 0.29) is 6.61 Å². The van der Waals surface area contributed by atoms with E-state index in [1.807, 2.05) is 29.0 Å². The fourth-order valence-corrected chi connectivity index (χ4v) is 4.54. The molecule has 0 radical (unpaired) electrons. The number of rotatable bonds is 9. The zero-order valence-electron chi connectivity index (χ0n) is 18.2. The van der Waals surface area contributed by atoms with Gasteiger partial charge in [0.15, 0.2) is 5.75 Å². The van der Waals surface area contributed by atoms with E-state index in [9.17, 15) is 13.7 Å². The van der Waals surface area contributed by atoms with Crippen LogP contribution in [-0.2, 0) is 23.0 Å². The first-order chi connectivity index (χ1) is 16.3. The van der Waals surface area contributed by atoms with E-state index in [1.54, 1.807) is 23.0 Å². The highest BCUT2D eigenvalue weighted by Crippen LogP contribution is 2.33. The number of anilines is 1. The maximum Gasteiger partial charge on any atom is 0.229 e. The highest BCUT2D eigenvalue weighted by molar-refractivity contribution is 7.92. The van der Waals surface area contributed by atoms with Crippen LogP contribution in [0.3, 0.4) is 0 Å². The van der Waals surface area contributed by atoms with E-state index in [0.717, 1.165) is 34.8 Å². The number of benzene rings is 2. The van der Waals surface area contributed by atoms with Gasteiger partial charge in [-0.25, -0.2) is 8.42 Å². The lowest BCUT2D eigenvalue weighted by Crippen LogP contribution is -2.08. The maximum absolute atomic E-state index is 11.3. The molecule has 2 aromatic heterocycles. The smallest absolute Gasteiger partial charge is 0.229 e. The summed E-state index contributed by atoms with van der Waals surface area (Å²) < 4.78 is 34.3. The number of alkyl halides is 1. The first kappa shape index (κ1) is 24.0. The van der Waals surface area contributed by atoms with Crippen molar-refractivity contribution in [2.75, 3.05) is 23.5 Å². The van der Waals surface area contributed by atoms with Gasteiger partial charge in [0, 0.05) is 30.0 Å². The summed E-state index contributed by atoms with van der Waals surface area (Å²) in [5, 5.41) is 15.1. The minimum atomic E-state index is -3.33. The number of sulfonamides is 1. The minimum absolute atomic E-state index is 0.262. The molecule has 176 valence electrons. The molecule has 0 atom stereocenters. The minimum Gasteiger partial charge on any atom is -0.489 e. The Balaban J connectivity index is 1.54. The Bertz CT molecular complexity index is 1490. The van der Waals surface area contributed by atoms with Crippen molar-refractivity contribution in [2.45, 2.75) is 13.0 Å². The van der Waals surface area contributed by atoms with Crippen LogP contribution in [-0.4, -0.2) is 41.5 Å². The number of nitrogens with zero attached hydrogens (tertiary/aromatic N) is 4. The highest BCUT2D eigenvalue weighted by Gasteiger charge is 2.14. The Hall–Kier alpha value is -3.19. The molecule has 2 aromatic carbocycles. The number of hydrogen-bond donors (Lipinski definition) is 1. The van der Waals surface area contributed by atoms with Crippen molar-refractivity contribution in [1.29, 1.82) is 5.26 Å². The van der Waals surface area contributed by atoms with Crippen molar-refractivity contribution < 1.29 is 13.2 Å². The van der Waals surface area contributed by atoms with Gasteiger partial charge in [-0.05, 0) is 42.3 Å². The third-order valence-corrected chi connectivity index (χ3v) is 6.11. The monoisotopic (exact) mass is 517 g/mol. The Kier molecular flexibility index (Phi) is 7.03. The molecule has 4 rings (SSSR count). The van der Waals surface area contributed by atoms with Gasteiger partial charge in [0.25, 0.3) is 0 Å². The summed E-state index contributed by atoms with van der Waals surface area (Å²) >= 11 is 12.1. The average Bonchev–Trinajstić information content (AvgIpc) is 3.41. The summed E-state index contributed by atoms with van der Waals surface area (Å²) in [7, 11) is -3.33. The zero-order valence-corrected chi connectivity index (χ0v) is 20.5. The normalized spacial score (nSPS) is 11.5. The molecule has 0 spiro atoms. The van der Waals surface area contributed by atoms with Gasteiger partial charge in [0.1, 0.15) is 12.7 Å². The quantitative estimate of drug-likeness (QED) is 0.327. The van der Waals surface area contributed by atoms with Gasteiger partial charge in [0.2, 0.25) is 10.0 Å². The summed E-state index contributed by atoms with van der Waals surface area (Å²) in [6.07, 6.45) is 6.89. The van der Waals surface area contributed by atoms with Gasteiger partial charge < -0.3 is 9.30 Å². The van der Waals surface area contributed by atoms with Gasteiger partial charge in [-0.15, -0.1) is 11.6 Å². The van der Waals surface area contributed by atoms with E-state index in [2.05, 4.69) is 22.0 Å². The molecule has 1 N–H and O–H groups in total. The van der Waals surface area contributed by atoms with Gasteiger partial charge in [-0.1, -0.05) is 17.7 Å². The van der Waals surface area contributed by atoms with Gasteiger partial charge in [0.05, 0.1) is 40.1 Å². The molecular formula is C23H21Cl2N5O3S. The molecule has 0 unspecified atom stereocenters. The van der Waals surface area contributed by atoms with Crippen molar-refractivity contribution in [3.05, 3.63) is 71.1 Å². The summed E-state index contributed by atoms with van der Waals surface area (Å²) in [6, 6.07) is 13.8. The van der Waals surface area contributed by atoms with Gasteiger partial charge >= 0.3 is 0 Å². The number of nitrogens with one attached hydrogen (secondary N) is 1. The number of aryl methyl sites for hydroxylation is 2. The summed E-state index contributed by atoms with van der Waals surface area (Å²) in [6.45, 7) is 0.862. The fourth-order valence-electron chi connectivity index (χ4n) is 3.66. The standard InChI is InChI=1S/C23H21Cl2N5O3S/c1-34(31,32)28-19-14-27-29(15-19)7-4-16-2-3-22-17(10-16)5-8-30(22)20-11-18(13-26)23(21(25)12-20)33-9-6-24/h2-3,5,8,10-12,14-15,28H,4,6-7,9H2,1H3. The van der Waals surface area contributed by atoms with E-state index in [4.69, 9.17) is 27.9 Å². The molecule has 0 saturated heterocycles. The van der Waals surface area contributed by atoms with Crippen LogP contribution in [0.25, 0.3) is 16.6 Å². The topological polar surface area (TPSA) is 102 Å². The Labute approximate surface area is 207 Å². The van der Waals surface area contributed by atoms with Crippen molar-refractivity contribution in [2.24, 2.45) is 0 Å². The lowest BCUT2D eigenvalue weighted by molar-refractivity contribution is 0.342. The largest absolute Gasteiger partial charge is 0.489 e. The van der Waals surface area contributed by atoms with Crippen LogP contribution >= 0.6 is 23.2 Å². The molecular weight excluding hydrogens is 497 g/mol. The molecule has 0 aliphatic heterocycles. The Morgan fingerprint density at radius 3 is 2.79 bits per heavy atom. The Morgan fingerprint density at radius 1 is 1.24 bits per heavy atom. The SMILES string of the molecule is CS(=O)(=O)Nc1cnn(CCc2ccc3c(ccn3-c3cc(Cl)c(OCCCl)c(C#N)c3)c2)c1. The zero-order chi connectivity index (χ0) is 24.3. The molecule has 0 aliphatic carbocycles. The second-order valence-electron chi connectivity index (χ2n) is 7.65. The first-order valence-corrected chi connectivity index (χ1v) is 13.1. The summed E-state index contributed by atoms with van der Waals surface area (Å²) in [5.74, 6) is 0.632. The molecule has 0 saturated carbocycles. The van der Waals surface area contributed by atoms with Crippen LogP contribution < -0.4 is 9.46 Å². The predicted molar refractivity (Wildman–Crippen MR) is 134 cm³/mol. The third kappa shape index (κ3) is 5.47. The van der Waals surface area contributed by atoms with E-state index >= 15 is 0 Å². The van der Waals surface area contributed by atoms with Crippen molar-refractivity contribution in [3.63, 3.8) is 0 Å². The molecule has 0 aliphatic rings. The number of ether oxygens (including phenoxy) is 1. The predicted octanol–water partition coefficient (Wildman–Crippen LogP) is 4.58. The molecule has 0 bridgehead atoms. The number of aromatic nitrogens is 3. The first-order valence-electron chi connectivity index (χ1n) is 10.3. The molecule has 0 fully saturated rings. The number of nitriles is 1. The highest BCUT2D eigenvalue weighted by atomic mass is 35.5. The fraction of sp³-hybridized carbons (Fsp3) is 0.217. The number of hydrogen-bond acceptors (Lipinski definition) is 5. The van der Waals surface area contributed by atoms with Crippen LogP contribution in [0.2, 0.25) is 5.02 Å². The van der Waals surface area contributed by atoms with E-state index < -0.39 is 10.0 Å². The van der Waals surface area contributed by atoms with Crippen LogP contribution in [0, 0.1) is 11.3 Å². The molecule has 8 nitrogen and oxygen atoms in total. The van der Waals surface area contributed by atoms with E-state index in [0.29, 0.717) is 34.4 Å². The van der Waals surface area contributed by atoms with Crippen LogP contribution in [0.15, 0.2) is 55.0 Å². The second-order valence-corrected chi connectivity index (χ2v) is 10.2. The molecule has 2 heterocycles. The summed E-state index contributed by atoms with van der Waals surface area (Å²) in [5.41, 5.74) is 3.61. The second kappa shape index (κ2) is 9.97. The van der Waals surface area contributed by atoms with Crippen molar-refractivity contribution in [3.8, 4) is 17.5 Å². The van der Waals surface area contributed by atoms with Crippen LogP contribution in [0.1, 0.15) is 11.1 Å². The average molecular weight is 518 g/mol. The molecule has 11 heteroatoms. The van der Waals surface area contributed by atoms with Crippen LogP contribution in [0.5, 0.6) is 5.75 Å². The van der Waals surface area contributed by atoms with Crippen molar-refractivity contribution >= 4 is 49.8 Å². The van der Waals surface area contributed by atoms with Gasteiger partial charge in [-0.2, -0.15) is 10.4 Å². The molecule has 4 aromatic rings. The lowest BCUT2D eigenvalue weighted by atomic mass is 10.1.